The van der Waals surface area contributed by atoms with Crippen LogP contribution in [0.15, 0.2) is 24.3 Å². The van der Waals surface area contributed by atoms with Gasteiger partial charge in [0.25, 0.3) is 0 Å². The van der Waals surface area contributed by atoms with E-state index in [9.17, 15) is 9.59 Å². The van der Waals surface area contributed by atoms with Crippen molar-refractivity contribution in [2.45, 2.75) is 38.6 Å². The summed E-state index contributed by atoms with van der Waals surface area (Å²) < 4.78 is 0. The van der Waals surface area contributed by atoms with Crippen LogP contribution in [0.3, 0.4) is 0 Å². The summed E-state index contributed by atoms with van der Waals surface area (Å²) in [5.74, 6) is -1.06. The van der Waals surface area contributed by atoms with E-state index < -0.39 is 11.5 Å². The van der Waals surface area contributed by atoms with Crippen LogP contribution in [0, 0.1) is 5.92 Å². The second kappa shape index (κ2) is 7.32. The van der Waals surface area contributed by atoms with E-state index in [4.69, 9.17) is 17.3 Å². The normalized spacial score (nSPS) is 18.3. The molecule has 2 amide bonds. The standard InChI is InChI=1S/C17H24ClN3O2/c1-3-17(4-2,11-19)20-15(22)14-8-9-21(16(14)23)13-7-5-6-12(18)10-13/h5-7,10,14H,3-4,8-9,11,19H2,1-2H3,(H,20,22). The van der Waals surface area contributed by atoms with Crippen LogP contribution in [0.1, 0.15) is 33.1 Å². The first-order valence-electron chi connectivity index (χ1n) is 8.05. The van der Waals surface area contributed by atoms with Crippen LogP contribution in [0.5, 0.6) is 0 Å². The molecule has 1 fully saturated rings. The maximum atomic E-state index is 12.6. The number of halogens is 1. The van der Waals surface area contributed by atoms with Gasteiger partial charge < -0.3 is 16.0 Å². The molecule has 1 saturated heterocycles. The Hall–Kier alpha value is -1.59. The highest BCUT2D eigenvalue weighted by Crippen LogP contribution is 2.28. The third-order valence-electron chi connectivity index (χ3n) is 4.77. The van der Waals surface area contributed by atoms with Gasteiger partial charge in [0.2, 0.25) is 11.8 Å². The Morgan fingerprint density at radius 1 is 1.43 bits per heavy atom. The third-order valence-corrected chi connectivity index (χ3v) is 5.01. The van der Waals surface area contributed by atoms with Crippen molar-refractivity contribution in [1.82, 2.24) is 5.32 Å². The van der Waals surface area contributed by atoms with E-state index in [1.165, 1.54) is 0 Å². The number of rotatable bonds is 6. The van der Waals surface area contributed by atoms with E-state index in [2.05, 4.69) is 5.32 Å². The van der Waals surface area contributed by atoms with E-state index >= 15 is 0 Å². The molecular weight excluding hydrogens is 314 g/mol. The third kappa shape index (κ3) is 3.67. The highest BCUT2D eigenvalue weighted by atomic mass is 35.5. The lowest BCUT2D eigenvalue weighted by atomic mass is 9.91. The number of nitrogens with two attached hydrogens (primary N) is 1. The van der Waals surface area contributed by atoms with Gasteiger partial charge in [-0.15, -0.1) is 0 Å². The zero-order valence-corrected chi connectivity index (χ0v) is 14.4. The average molecular weight is 338 g/mol. The molecule has 6 heteroatoms. The van der Waals surface area contributed by atoms with Crippen molar-refractivity contribution in [2.24, 2.45) is 11.7 Å². The maximum absolute atomic E-state index is 12.6. The Bertz CT molecular complexity index is 579. The zero-order valence-electron chi connectivity index (χ0n) is 13.6. The lowest BCUT2D eigenvalue weighted by molar-refractivity contribution is -0.133. The molecule has 1 unspecified atom stereocenters. The molecule has 0 radical (unpaired) electrons. The molecule has 1 atom stereocenters. The van der Waals surface area contributed by atoms with Gasteiger partial charge in [-0.3, -0.25) is 9.59 Å². The lowest BCUT2D eigenvalue weighted by Crippen LogP contribution is -2.55. The second-order valence-corrected chi connectivity index (χ2v) is 6.43. The number of hydrogen-bond donors (Lipinski definition) is 2. The molecule has 1 aromatic rings. The lowest BCUT2D eigenvalue weighted by Gasteiger charge is -2.32. The van der Waals surface area contributed by atoms with E-state index in [1.807, 2.05) is 19.9 Å². The van der Waals surface area contributed by atoms with Crippen molar-refractivity contribution in [2.75, 3.05) is 18.0 Å². The highest BCUT2D eigenvalue weighted by Gasteiger charge is 2.40. The zero-order chi connectivity index (χ0) is 17.0. The van der Waals surface area contributed by atoms with Crippen LogP contribution in [0.2, 0.25) is 5.02 Å². The molecular formula is C17H24ClN3O2. The van der Waals surface area contributed by atoms with Gasteiger partial charge in [-0.2, -0.15) is 0 Å². The van der Waals surface area contributed by atoms with Crippen molar-refractivity contribution >= 4 is 29.1 Å². The maximum Gasteiger partial charge on any atom is 0.239 e. The van der Waals surface area contributed by atoms with E-state index in [0.717, 1.165) is 18.5 Å². The molecule has 1 aliphatic heterocycles. The number of hydrogen-bond acceptors (Lipinski definition) is 3. The summed E-state index contributed by atoms with van der Waals surface area (Å²) in [5, 5.41) is 3.57. The Kier molecular flexibility index (Phi) is 5.65. The molecule has 23 heavy (non-hydrogen) atoms. The molecule has 1 heterocycles. The SMILES string of the molecule is CCC(CC)(CN)NC(=O)C1CCN(c2cccc(Cl)c2)C1=O. The summed E-state index contributed by atoms with van der Waals surface area (Å²) in [7, 11) is 0. The number of anilines is 1. The largest absolute Gasteiger partial charge is 0.349 e. The summed E-state index contributed by atoms with van der Waals surface area (Å²) in [6.45, 7) is 4.87. The summed E-state index contributed by atoms with van der Waals surface area (Å²) in [6, 6.07) is 7.12. The van der Waals surface area contributed by atoms with Gasteiger partial charge in [-0.05, 0) is 37.5 Å². The molecule has 5 nitrogen and oxygen atoms in total. The van der Waals surface area contributed by atoms with E-state index in [1.54, 1.807) is 23.1 Å². The van der Waals surface area contributed by atoms with Gasteiger partial charge in [0, 0.05) is 23.8 Å². The van der Waals surface area contributed by atoms with Gasteiger partial charge in [0.15, 0.2) is 0 Å². The molecule has 0 aliphatic carbocycles. The van der Waals surface area contributed by atoms with Crippen LogP contribution in [-0.4, -0.2) is 30.4 Å². The van der Waals surface area contributed by atoms with Crippen molar-refractivity contribution in [1.29, 1.82) is 0 Å². The van der Waals surface area contributed by atoms with Gasteiger partial charge in [-0.1, -0.05) is 31.5 Å². The molecule has 1 aliphatic rings. The summed E-state index contributed by atoms with van der Waals surface area (Å²) in [4.78, 5) is 26.8. The fourth-order valence-electron chi connectivity index (χ4n) is 2.94. The van der Waals surface area contributed by atoms with E-state index in [-0.39, 0.29) is 11.8 Å². The Balaban J connectivity index is 2.11. The summed E-state index contributed by atoms with van der Waals surface area (Å²) in [6.07, 6.45) is 1.99. The predicted molar refractivity (Wildman–Crippen MR) is 92.4 cm³/mol. The molecule has 3 N–H and O–H groups in total. The number of carbonyl (C=O) groups is 2. The predicted octanol–water partition coefficient (Wildman–Crippen LogP) is 2.33. The second-order valence-electron chi connectivity index (χ2n) is 5.99. The quantitative estimate of drug-likeness (QED) is 0.782. The minimum absolute atomic E-state index is 0.178. The first kappa shape index (κ1) is 17.8. The Morgan fingerprint density at radius 2 is 2.13 bits per heavy atom. The van der Waals surface area contributed by atoms with E-state index in [0.29, 0.717) is 24.5 Å². The Morgan fingerprint density at radius 3 is 2.70 bits per heavy atom. The fourth-order valence-corrected chi connectivity index (χ4v) is 3.12. The molecule has 2 rings (SSSR count). The first-order valence-corrected chi connectivity index (χ1v) is 8.43. The minimum Gasteiger partial charge on any atom is -0.349 e. The highest BCUT2D eigenvalue weighted by molar-refractivity contribution is 6.31. The van der Waals surface area contributed by atoms with Crippen LogP contribution in [0.25, 0.3) is 0 Å². The van der Waals surface area contributed by atoms with Crippen molar-refractivity contribution in [3.8, 4) is 0 Å². The number of benzene rings is 1. The topological polar surface area (TPSA) is 75.4 Å². The van der Waals surface area contributed by atoms with Gasteiger partial charge in [0.1, 0.15) is 5.92 Å². The van der Waals surface area contributed by atoms with Crippen LogP contribution < -0.4 is 16.0 Å². The van der Waals surface area contributed by atoms with Crippen LogP contribution in [-0.2, 0) is 9.59 Å². The summed E-state index contributed by atoms with van der Waals surface area (Å²) in [5.41, 5.74) is 6.12. The molecule has 0 spiro atoms. The molecule has 0 saturated carbocycles. The molecule has 0 aromatic heterocycles. The van der Waals surface area contributed by atoms with Gasteiger partial charge >= 0.3 is 0 Å². The smallest absolute Gasteiger partial charge is 0.239 e. The molecule has 126 valence electrons. The number of nitrogens with one attached hydrogen (secondary N) is 1. The van der Waals surface area contributed by atoms with Gasteiger partial charge in [0.05, 0.1) is 5.54 Å². The Labute approximate surface area is 142 Å². The average Bonchev–Trinajstić information content (AvgIpc) is 2.94. The minimum atomic E-state index is -0.655. The number of carbonyl (C=O) groups excluding carboxylic acids is 2. The molecule has 0 bridgehead atoms. The number of amides is 2. The van der Waals surface area contributed by atoms with Crippen LogP contribution >= 0.6 is 11.6 Å². The van der Waals surface area contributed by atoms with Crippen molar-refractivity contribution < 1.29 is 9.59 Å². The fraction of sp³-hybridized carbons (Fsp3) is 0.529. The van der Waals surface area contributed by atoms with Gasteiger partial charge in [-0.25, -0.2) is 0 Å². The summed E-state index contributed by atoms with van der Waals surface area (Å²) >= 11 is 5.98. The van der Waals surface area contributed by atoms with Crippen LogP contribution in [0.4, 0.5) is 5.69 Å². The first-order chi connectivity index (χ1) is 11.0. The molecule has 1 aromatic carbocycles. The monoisotopic (exact) mass is 337 g/mol. The number of nitrogens with zero attached hydrogens (tertiary/aromatic N) is 1. The van der Waals surface area contributed by atoms with Crippen molar-refractivity contribution in [3.05, 3.63) is 29.3 Å². The van der Waals surface area contributed by atoms with Crippen molar-refractivity contribution in [3.63, 3.8) is 0 Å².